The molecule has 0 bridgehead atoms. The molecule has 0 aliphatic carbocycles. The minimum absolute atomic E-state index is 0.0874. The quantitative estimate of drug-likeness (QED) is 0.188. The van der Waals surface area contributed by atoms with Gasteiger partial charge in [-0.25, -0.2) is 0 Å². The Morgan fingerprint density at radius 1 is 0.773 bits per heavy atom. The van der Waals surface area contributed by atoms with E-state index in [1.807, 2.05) is 0 Å². The molecule has 1 unspecified atom stereocenters. The zero-order valence-electron chi connectivity index (χ0n) is 23.0. The standard InChI is InChI=1S/C32H25F6N3O3/c1-19-17-20(18-39-29(43)27(22-7-3-2-4-8-22)41-30(44)32(36,37)38)11-16-26(19)40-28(42)25-10-6-5-9-24(25)21-12-14-23(15-13-21)31(33,34)35/h2-17,27H,18H2,1H3,(H,39,43)(H,40,42)(H,41,44). The molecule has 3 amide bonds. The van der Waals surface area contributed by atoms with Crippen molar-refractivity contribution in [3.8, 4) is 11.1 Å². The van der Waals surface area contributed by atoms with Gasteiger partial charge in [0.05, 0.1) is 5.56 Å². The fraction of sp³-hybridized carbons (Fsp3) is 0.156. The van der Waals surface area contributed by atoms with Crippen LogP contribution in [-0.4, -0.2) is 23.9 Å². The number of amides is 3. The Morgan fingerprint density at radius 2 is 1.41 bits per heavy atom. The number of benzene rings is 4. The lowest BCUT2D eigenvalue weighted by molar-refractivity contribution is -0.174. The average Bonchev–Trinajstić information content (AvgIpc) is 2.99. The molecule has 228 valence electrons. The number of anilines is 1. The van der Waals surface area contributed by atoms with E-state index in [0.717, 1.165) is 12.1 Å². The molecule has 0 aliphatic rings. The van der Waals surface area contributed by atoms with E-state index in [1.165, 1.54) is 36.4 Å². The molecule has 44 heavy (non-hydrogen) atoms. The van der Waals surface area contributed by atoms with Crippen LogP contribution in [0.4, 0.5) is 32.0 Å². The molecule has 6 nitrogen and oxygen atoms in total. The van der Waals surface area contributed by atoms with E-state index < -0.39 is 41.7 Å². The fourth-order valence-electron chi connectivity index (χ4n) is 4.39. The predicted molar refractivity (Wildman–Crippen MR) is 151 cm³/mol. The third-order valence-corrected chi connectivity index (χ3v) is 6.63. The van der Waals surface area contributed by atoms with Crippen molar-refractivity contribution in [2.75, 3.05) is 5.32 Å². The van der Waals surface area contributed by atoms with E-state index in [0.29, 0.717) is 27.9 Å². The van der Waals surface area contributed by atoms with Gasteiger partial charge in [-0.2, -0.15) is 26.3 Å². The SMILES string of the molecule is Cc1cc(CNC(=O)C(NC(=O)C(F)(F)F)c2ccccc2)ccc1NC(=O)c1ccccc1-c1ccc(C(F)(F)F)cc1. The largest absolute Gasteiger partial charge is 0.471 e. The summed E-state index contributed by atoms with van der Waals surface area (Å²) < 4.78 is 77.6. The second-order valence-corrected chi connectivity index (χ2v) is 9.76. The number of halogens is 6. The van der Waals surface area contributed by atoms with Gasteiger partial charge >= 0.3 is 18.3 Å². The van der Waals surface area contributed by atoms with Crippen LogP contribution in [0.2, 0.25) is 0 Å². The minimum Gasteiger partial charge on any atom is -0.350 e. The highest BCUT2D eigenvalue weighted by atomic mass is 19.4. The Hall–Kier alpha value is -5.13. The van der Waals surface area contributed by atoms with E-state index in [-0.39, 0.29) is 17.7 Å². The van der Waals surface area contributed by atoms with Gasteiger partial charge < -0.3 is 16.0 Å². The Kier molecular flexibility index (Phi) is 9.41. The third kappa shape index (κ3) is 7.82. The molecule has 0 saturated carbocycles. The molecule has 0 spiro atoms. The van der Waals surface area contributed by atoms with Crippen molar-refractivity contribution < 1.29 is 40.7 Å². The van der Waals surface area contributed by atoms with Crippen LogP contribution in [-0.2, 0) is 22.3 Å². The van der Waals surface area contributed by atoms with Gasteiger partial charge in [0.15, 0.2) is 0 Å². The Balaban J connectivity index is 1.45. The monoisotopic (exact) mass is 613 g/mol. The smallest absolute Gasteiger partial charge is 0.350 e. The van der Waals surface area contributed by atoms with Crippen LogP contribution in [0.3, 0.4) is 0 Å². The van der Waals surface area contributed by atoms with Crippen LogP contribution in [0, 0.1) is 6.92 Å². The Bertz CT molecular complexity index is 1650. The summed E-state index contributed by atoms with van der Waals surface area (Å²) >= 11 is 0. The van der Waals surface area contributed by atoms with E-state index in [4.69, 9.17) is 0 Å². The van der Waals surface area contributed by atoms with Crippen molar-refractivity contribution in [3.05, 3.63) is 125 Å². The van der Waals surface area contributed by atoms with Gasteiger partial charge in [-0.05, 0) is 59.0 Å². The summed E-state index contributed by atoms with van der Waals surface area (Å²) in [5, 5.41) is 7.03. The zero-order chi connectivity index (χ0) is 32.1. The maximum Gasteiger partial charge on any atom is 0.471 e. The normalized spacial score (nSPS) is 12.2. The molecule has 4 rings (SSSR count). The summed E-state index contributed by atoms with van der Waals surface area (Å²) in [6, 6.07) is 21.6. The molecule has 4 aromatic rings. The van der Waals surface area contributed by atoms with Crippen molar-refractivity contribution in [2.24, 2.45) is 0 Å². The second-order valence-electron chi connectivity index (χ2n) is 9.76. The summed E-state index contributed by atoms with van der Waals surface area (Å²) in [6.45, 7) is 1.61. The highest BCUT2D eigenvalue weighted by Gasteiger charge is 2.41. The topological polar surface area (TPSA) is 87.3 Å². The van der Waals surface area contributed by atoms with E-state index in [9.17, 15) is 40.7 Å². The Labute approximate surface area is 248 Å². The third-order valence-electron chi connectivity index (χ3n) is 6.63. The number of rotatable bonds is 8. The second kappa shape index (κ2) is 13.0. The number of hydrogen-bond acceptors (Lipinski definition) is 3. The van der Waals surface area contributed by atoms with Crippen molar-refractivity contribution in [1.82, 2.24) is 10.6 Å². The number of hydrogen-bond donors (Lipinski definition) is 3. The van der Waals surface area contributed by atoms with Gasteiger partial charge in [0.25, 0.3) is 5.91 Å². The molecule has 1 atom stereocenters. The van der Waals surface area contributed by atoms with Crippen LogP contribution >= 0.6 is 0 Å². The molecule has 0 aromatic heterocycles. The Morgan fingerprint density at radius 3 is 2.02 bits per heavy atom. The number of nitrogens with one attached hydrogen (secondary N) is 3. The lowest BCUT2D eigenvalue weighted by Gasteiger charge is -2.20. The number of alkyl halides is 6. The summed E-state index contributed by atoms with van der Waals surface area (Å²) in [7, 11) is 0. The predicted octanol–water partition coefficient (Wildman–Crippen LogP) is 6.97. The van der Waals surface area contributed by atoms with E-state index >= 15 is 0 Å². The first-order valence-corrected chi connectivity index (χ1v) is 13.1. The van der Waals surface area contributed by atoms with Gasteiger partial charge in [0.2, 0.25) is 5.91 Å². The highest BCUT2D eigenvalue weighted by molar-refractivity contribution is 6.09. The highest BCUT2D eigenvalue weighted by Crippen LogP contribution is 2.32. The van der Waals surface area contributed by atoms with Gasteiger partial charge in [-0.15, -0.1) is 0 Å². The molecular weight excluding hydrogens is 588 g/mol. The van der Waals surface area contributed by atoms with Gasteiger partial charge in [0.1, 0.15) is 6.04 Å². The molecule has 0 fully saturated rings. The zero-order valence-corrected chi connectivity index (χ0v) is 23.0. The van der Waals surface area contributed by atoms with Crippen LogP contribution in [0.5, 0.6) is 0 Å². The molecule has 0 saturated heterocycles. The maximum absolute atomic E-state index is 13.2. The summed E-state index contributed by atoms with van der Waals surface area (Å²) in [5.41, 5.74) is 2.02. The van der Waals surface area contributed by atoms with Crippen molar-refractivity contribution in [1.29, 1.82) is 0 Å². The minimum atomic E-state index is -5.18. The summed E-state index contributed by atoms with van der Waals surface area (Å²) in [4.78, 5) is 37.6. The summed E-state index contributed by atoms with van der Waals surface area (Å²) in [5.74, 6) is -3.61. The summed E-state index contributed by atoms with van der Waals surface area (Å²) in [6.07, 6.45) is -9.67. The van der Waals surface area contributed by atoms with Crippen LogP contribution in [0.25, 0.3) is 11.1 Å². The van der Waals surface area contributed by atoms with Gasteiger partial charge in [-0.3, -0.25) is 14.4 Å². The van der Waals surface area contributed by atoms with E-state index in [1.54, 1.807) is 60.8 Å². The molecular formula is C32H25F6N3O3. The molecule has 3 N–H and O–H groups in total. The molecule has 0 heterocycles. The number of aryl methyl sites for hydroxylation is 1. The first-order valence-electron chi connectivity index (χ1n) is 13.1. The van der Waals surface area contributed by atoms with Crippen molar-refractivity contribution in [3.63, 3.8) is 0 Å². The van der Waals surface area contributed by atoms with Gasteiger partial charge in [0, 0.05) is 17.8 Å². The van der Waals surface area contributed by atoms with E-state index in [2.05, 4.69) is 10.6 Å². The van der Waals surface area contributed by atoms with Crippen LogP contribution in [0.1, 0.15) is 38.7 Å². The lowest BCUT2D eigenvalue weighted by Crippen LogP contribution is -2.45. The molecule has 0 radical (unpaired) electrons. The van der Waals surface area contributed by atoms with Crippen molar-refractivity contribution >= 4 is 23.4 Å². The van der Waals surface area contributed by atoms with Crippen LogP contribution in [0.15, 0.2) is 97.1 Å². The molecule has 4 aromatic carbocycles. The van der Waals surface area contributed by atoms with Gasteiger partial charge in [-0.1, -0.05) is 72.8 Å². The average molecular weight is 614 g/mol. The first-order chi connectivity index (χ1) is 20.7. The maximum atomic E-state index is 13.2. The number of carbonyl (C=O) groups excluding carboxylic acids is 3. The van der Waals surface area contributed by atoms with Crippen molar-refractivity contribution in [2.45, 2.75) is 31.9 Å². The lowest BCUT2D eigenvalue weighted by atomic mass is 9.98. The first kappa shape index (κ1) is 31.8. The fourth-order valence-corrected chi connectivity index (χ4v) is 4.39. The molecule has 12 heteroatoms. The molecule has 0 aliphatic heterocycles. The van der Waals surface area contributed by atoms with Crippen LogP contribution < -0.4 is 16.0 Å². The number of carbonyl (C=O) groups is 3.